The number of halogens is 2. The van der Waals surface area contributed by atoms with Gasteiger partial charge >= 0.3 is 0 Å². The molecule has 1 aromatic heterocycles. The Kier molecular flexibility index (Phi) is 2.67. The smallest absolute Gasteiger partial charge is 0.139 e. The normalized spacial score (nSPS) is 20.8. The number of rotatable bonds is 1. The van der Waals surface area contributed by atoms with Crippen molar-refractivity contribution >= 4 is 38.7 Å². The molecule has 1 aromatic carbocycles. The Morgan fingerprint density at radius 2 is 2.38 bits per heavy atom. The van der Waals surface area contributed by atoms with Gasteiger partial charge in [0, 0.05) is 17.7 Å². The van der Waals surface area contributed by atoms with Gasteiger partial charge in [-0.2, -0.15) is 11.8 Å². The molecule has 0 amide bonds. The predicted molar refractivity (Wildman–Crippen MR) is 68.4 cm³/mol. The quantitative estimate of drug-likeness (QED) is 0.870. The molecular formula is C11H10BrFN2S. The van der Waals surface area contributed by atoms with Gasteiger partial charge in [0.1, 0.15) is 11.6 Å². The van der Waals surface area contributed by atoms with Crippen molar-refractivity contribution in [2.24, 2.45) is 0 Å². The maximum Gasteiger partial charge on any atom is 0.139 e. The molecule has 0 spiro atoms. The minimum Gasteiger partial charge on any atom is -0.342 e. The Hall–Kier alpha value is -0.550. The number of H-pyrrole nitrogens is 1. The highest BCUT2D eigenvalue weighted by atomic mass is 79.9. The Morgan fingerprint density at radius 3 is 3.12 bits per heavy atom. The second kappa shape index (κ2) is 4.04. The highest BCUT2D eigenvalue weighted by molar-refractivity contribution is 9.10. The highest BCUT2D eigenvalue weighted by Crippen LogP contribution is 2.32. The fraction of sp³-hybridized carbons (Fsp3) is 0.364. The lowest BCUT2D eigenvalue weighted by Gasteiger charge is -2.01. The summed E-state index contributed by atoms with van der Waals surface area (Å²) in [5.74, 6) is 3.56. The largest absolute Gasteiger partial charge is 0.342 e. The summed E-state index contributed by atoms with van der Waals surface area (Å²) in [6, 6.07) is 3.23. The number of fused-ring (bicyclic) bond motifs is 1. The van der Waals surface area contributed by atoms with Crippen LogP contribution in [0.25, 0.3) is 11.0 Å². The van der Waals surface area contributed by atoms with E-state index in [2.05, 4.69) is 25.9 Å². The topological polar surface area (TPSA) is 28.7 Å². The highest BCUT2D eigenvalue weighted by Gasteiger charge is 2.21. The van der Waals surface area contributed by atoms with Crippen molar-refractivity contribution in [3.63, 3.8) is 0 Å². The molecule has 1 aliphatic heterocycles. The van der Waals surface area contributed by atoms with E-state index in [9.17, 15) is 4.39 Å². The molecule has 1 aliphatic rings. The van der Waals surface area contributed by atoms with Crippen LogP contribution >= 0.6 is 27.7 Å². The van der Waals surface area contributed by atoms with Crippen molar-refractivity contribution < 1.29 is 4.39 Å². The number of aromatic amines is 1. The third-order valence-electron chi connectivity index (χ3n) is 2.86. The summed E-state index contributed by atoms with van der Waals surface area (Å²) in [4.78, 5) is 7.75. The van der Waals surface area contributed by atoms with E-state index in [-0.39, 0.29) is 5.82 Å². The van der Waals surface area contributed by atoms with E-state index in [1.165, 1.54) is 11.8 Å². The second-order valence-corrected chi connectivity index (χ2v) is 5.97. The summed E-state index contributed by atoms with van der Waals surface area (Å²) < 4.78 is 13.8. The molecule has 0 bridgehead atoms. The number of imidazole rings is 1. The van der Waals surface area contributed by atoms with Gasteiger partial charge in [-0.1, -0.05) is 0 Å². The van der Waals surface area contributed by atoms with Crippen molar-refractivity contribution in [3.05, 3.63) is 28.2 Å². The maximum absolute atomic E-state index is 13.3. The van der Waals surface area contributed by atoms with Crippen molar-refractivity contribution in [3.8, 4) is 0 Å². The van der Waals surface area contributed by atoms with E-state index in [0.29, 0.717) is 10.4 Å². The first-order chi connectivity index (χ1) is 7.74. The molecule has 1 saturated heterocycles. The lowest BCUT2D eigenvalue weighted by molar-refractivity contribution is 0.623. The Balaban J connectivity index is 2.08. The van der Waals surface area contributed by atoms with E-state index in [4.69, 9.17) is 0 Å². The number of nitrogens with one attached hydrogen (secondary N) is 1. The number of benzene rings is 1. The zero-order valence-corrected chi connectivity index (χ0v) is 10.9. The summed E-state index contributed by atoms with van der Waals surface area (Å²) in [6.07, 6.45) is 1.16. The Bertz CT molecular complexity index is 495. The summed E-state index contributed by atoms with van der Waals surface area (Å²) in [6.45, 7) is 0. The molecule has 0 radical (unpaired) electrons. The van der Waals surface area contributed by atoms with Gasteiger partial charge in [0.15, 0.2) is 0 Å². The molecule has 1 N–H and O–H groups in total. The molecule has 5 heteroatoms. The van der Waals surface area contributed by atoms with Crippen LogP contribution in [-0.2, 0) is 0 Å². The van der Waals surface area contributed by atoms with Crippen LogP contribution in [0, 0.1) is 5.82 Å². The molecule has 0 aliphatic carbocycles. The molecular weight excluding hydrogens is 291 g/mol. The van der Waals surface area contributed by atoms with E-state index in [1.807, 2.05) is 11.8 Å². The zero-order valence-electron chi connectivity index (χ0n) is 8.46. The molecule has 84 valence electrons. The van der Waals surface area contributed by atoms with Gasteiger partial charge in [-0.05, 0) is 34.2 Å². The molecule has 1 fully saturated rings. The average molecular weight is 301 g/mol. The van der Waals surface area contributed by atoms with Gasteiger partial charge < -0.3 is 4.98 Å². The van der Waals surface area contributed by atoms with Gasteiger partial charge in [0.25, 0.3) is 0 Å². The van der Waals surface area contributed by atoms with Crippen LogP contribution in [0.1, 0.15) is 18.2 Å². The first-order valence-electron chi connectivity index (χ1n) is 5.16. The van der Waals surface area contributed by atoms with Gasteiger partial charge in [0.2, 0.25) is 0 Å². The summed E-state index contributed by atoms with van der Waals surface area (Å²) >= 11 is 5.13. The number of aromatic nitrogens is 2. The van der Waals surface area contributed by atoms with E-state index >= 15 is 0 Å². The van der Waals surface area contributed by atoms with Crippen LogP contribution < -0.4 is 0 Å². The van der Waals surface area contributed by atoms with Crippen molar-refractivity contribution in [2.75, 3.05) is 11.5 Å². The van der Waals surface area contributed by atoms with Crippen molar-refractivity contribution in [1.82, 2.24) is 9.97 Å². The van der Waals surface area contributed by atoms with Crippen LogP contribution in [0.3, 0.4) is 0 Å². The summed E-state index contributed by atoms with van der Waals surface area (Å²) in [7, 11) is 0. The molecule has 3 rings (SSSR count). The zero-order chi connectivity index (χ0) is 11.1. The number of hydrogen-bond donors (Lipinski definition) is 1. The Morgan fingerprint density at radius 1 is 1.50 bits per heavy atom. The van der Waals surface area contributed by atoms with Gasteiger partial charge in [-0.25, -0.2) is 9.37 Å². The first kappa shape index (κ1) is 10.6. The lowest BCUT2D eigenvalue weighted by Crippen LogP contribution is -1.98. The molecule has 16 heavy (non-hydrogen) atoms. The molecule has 2 nitrogen and oxygen atoms in total. The van der Waals surface area contributed by atoms with Gasteiger partial charge in [-0.3, -0.25) is 0 Å². The lowest BCUT2D eigenvalue weighted by atomic mass is 10.1. The van der Waals surface area contributed by atoms with Crippen molar-refractivity contribution in [2.45, 2.75) is 12.3 Å². The molecule has 0 saturated carbocycles. The third kappa shape index (κ3) is 1.76. The predicted octanol–water partition coefficient (Wildman–Crippen LogP) is 3.69. The maximum atomic E-state index is 13.3. The van der Waals surface area contributed by atoms with E-state index < -0.39 is 0 Å². The molecule has 2 aromatic rings. The first-order valence-corrected chi connectivity index (χ1v) is 7.11. The van der Waals surface area contributed by atoms with Crippen LogP contribution in [0.15, 0.2) is 16.6 Å². The fourth-order valence-corrected chi connectivity index (χ4v) is 3.53. The SMILES string of the molecule is Fc1cc2[nH]c(C3CCSC3)nc2cc1Br. The standard InChI is InChI=1S/C11H10BrFN2S/c12-7-3-9-10(4-8(7)13)15-11(14-9)6-1-2-16-5-6/h3-4,6H,1-2,5H2,(H,14,15). The fourth-order valence-electron chi connectivity index (χ4n) is 1.97. The Labute approximate surface area is 105 Å². The van der Waals surface area contributed by atoms with Crippen LogP contribution in [0.5, 0.6) is 0 Å². The van der Waals surface area contributed by atoms with Gasteiger partial charge in [-0.15, -0.1) is 0 Å². The summed E-state index contributed by atoms with van der Waals surface area (Å²) in [5.41, 5.74) is 1.62. The minimum absolute atomic E-state index is 0.247. The van der Waals surface area contributed by atoms with Gasteiger partial charge in [0.05, 0.1) is 15.5 Å². The second-order valence-electron chi connectivity index (χ2n) is 3.97. The summed E-state index contributed by atoms with van der Waals surface area (Å²) in [5, 5.41) is 0. The average Bonchev–Trinajstić information content (AvgIpc) is 2.86. The van der Waals surface area contributed by atoms with Crippen molar-refractivity contribution in [1.29, 1.82) is 0 Å². The van der Waals surface area contributed by atoms with E-state index in [0.717, 1.165) is 29.0 Å². The molecule has 2 heterocycles. The minimum atomic E-state index is -0.247. The van der Waals surface area contributed by atoms with Crippen LogP contribution in [0.2, 0.25) is 0 Å². The number of hydrogen-bond acceptors (Lipinski definition) is 2. The van der Waals surface area contributed by atoms with E-state index in [1.54, 1.807) is 6.07 Å². The van der Waals surface area contributed by atoms with Crippen LogP contribution in [0.4, 0.5) is 4.39 Å². The molecule has 1 unspecified atom stereocenters. The third-order valence-corrected chi connectivity index (χ3v) is 4.63. The number of thioether (sulfide) groups is 1. The monoisotopic (exact) mass is 300 g/mol. The molecule has 1 atom stereocenters. The number of nitrogens with zero attached hydrogens (tertiary/aromatic N) is 1. The van der Waals surface area contributed by atoms with Crippen LogP contribution in [-0.4, -0.2) is 21.5 Å².